The summed E-state index contributed by atoms with van der Waals surface area (Å²) in [6, 6.07) is 13.4. The summed E-state index contributed by atoms with van der Waals surface area (Å²) in [5.74, 6) is 0.867. The highest BCUT2D eigenvalue weighted by molar-refractivity contribution is 9.10. The lowest BCUT2D eigenvalue weighted by molar-refractivity contribution is -0.121. The van der Waals surface area contributed by atoms with Crippen molar-refractivity contribution in [1.82, 2.24) is 10.2 Å². The number of carbonyl (C=O) groups is 3. The third-order valence-electron chi connectivity index (χ3n) is 4.45. The lowest BCUT2D eigenvalue weighted by atomic mass is 10.1. The summed E-state index contributed by atoms with van der Waals surface area (Å²) >= 11 is 5.06. The highest BCUT2D eigenvalue weighted by Crippen LogP contribution is 2.26. The van der Waals surface area contributed by atoms with Gasteiger partial charge in [0.1, 0.15) is 0 Å². The fourth-order valence-corrected chi connectivity index (χ4v) is 4.08. The standard InChI is InChI=1S/C21H21BrN2O3S/c1-14-2-4-15(5-3-14)13-28-11-9-23-19(25)8-10-24-20(26)17-7-6-16(22)12-18(17)21(24)27/h2-7,12H,8-11,13H2,1H3,(H,23,25). The molecule has 0 spiro atoms. The van der Waals surface area contributed by atoms with Crippen molar-refractivity contribution in [1.29, 1.82) is 0 Å². The average molecular weight is 461 g/mol. The highest BCUT2D eigenvalue weighted by atomic mass is 79.9. The largest absolute Gasteiger partial charge is 0.355 e. The van der Waals surface area contributed by atoms with Gasteiger partial charge < -0.3 is 5.32 Å². The van der Waals surface area contributed by atoms with Gasteiger partial charge >= 0.3 is 0 Å². The first-order valence-corrected chi connectivity index (χ1v) is 11.0. The number of nitrogens with zero attached hydrogens (tertiary/aromatic N) is 1. The molecule has 1 aliphatic heterocycles. The van der Waals surface area contributed by atoms with Crippen LogP contribution < -0.4 is 5.32 Å². The monoisotopic (exact) mass is 460 g/mol. The van der Waals surface area contributed by atoms with Gasteiger partial charge in [-0.2, -0.15) is 11.8 Å². The van der Waals surface area contributed by atoms with Gasteiger partial charge in [-0.1, -0.05) is 45.8 Å². The van der Waals surface area contributed by atoms with Crippen molar-refractivity contribution in [2.24, 2.45) is 0 Å². The zero-order valence-corrected chi connectivity index (χ0v) is 17.9. The molecule has 7 heteroatoms. The minimum absolute atomic E-state index is 0.0896. The van der Waals surface area contributed by atoms with Gasteiger partial charge in [0.15, 0.2) is 0 Å². The summed E-state index contributed by atoms with van der Waals surface area (Å²) in [6.45, 7) is 2.71. The Balaban J connectivity index is 1.37. The number of fused-ring (bicyclic) bond motifs is 1. The predicted octanol–water partition coefficient (Wildman–Crippen LogP) is 3.79. The fourth-order valence-electron chi connectivity index (χ4n) is 2.90. The first-order chi connectivity index (χ1) is 13.5. The maximum atomic E-state index is 12.4. The summed E-state index contributed by atoms with van der Waals surface area (Å²) in [6.07, 6.45) is 0.106. The van der Waals surface area contributed by atoms with E-state index in [1.165, 1.54) is 11.1 Å². The lowest BCUT2D eigenvalue weighted by Crippen LogP contribution is -2.35. The minimum Gasteiger partial charge on any atom is -0.355 e. The van der Waals surface area contributed by atoms with E-state index in [1.807, 2.05) is 0 Å². The molecule has 0 unspecified atom stereocenters. The fraction of sp³-hybridized carbons (Fsp3) is 0.286. The molecule has 1 N–H and O–H groups in total. The zero-order chi connectivity index (χ0) is 20.1. The highest BCUT2D eigenvalue weighted by Gasteiger charge is 2.35. The molecular weight excluding hydrogens is 440 g/mol. The molecule has 0 fully saturated rings. The number of benzene rings is 2. The second-order valence-corrected chi connectivity index (χ2v) is 8.61. The van der Waals surface area contributed by atoms with Crippen LogP contribution in [-0.2, 0) is 10.5 Å². The molecule has 2 aromatic rings. The van der Waals surface area contributed by atoms with E-state index in [9.17, 15) is 14.4 Å². The predicted molar refractivity (Wildman–Crippen MR) is 114 cm³/mol. The average Bonchev–Trinajstić information content (AvgIpc) is 2.91. The first kappa shape index (κ1) is 20.6. The number of amides is 3. The van der Waals surface area contributed by atoms with Crippen LogP contribution in [0.1, 0.15) is 38.3 Å². The van der Waals surface area contributed by atoms with Crippen LogP contribution in [-0.4, -0.2) is 41.5 Å². The summed E-state index contributed by atoms with van der Waals surface area (Å²) in [5, 5.41) is 2.85. The van der Waals surface area contributed by atoms with Crippen molar-refractivity contribution in [3.05, 3.63) is 69.2 Å². The Morgan fingerprint density at radius 3 is 2.54 bits per heavy atom. The van der Waals surface area contributed by atoms with Gasteiger partial charge in [0.2, 0.25) is 5.91 Å². The van der Waals surface area contributed by atoms with Crippen LogP contribution in [0.3, 0.4) is 0 Å². The van der Waals surface area contributed by atoms with Crippen molar-refractivity contribution in [3.63, 3.8) is 0 Å². The molecular formula is C21H21BrN2O3S. The Kier molecular flexibility index (Phi) is 6.91. The zero-order valence-electron chi connectivity index (χ0n) is 15.5. The molecule has 1 aliphatic rings. The third kappa shape index (κ3) is 5.02. The van der Waals surface area contributed by atoms with Gasteiger partial charge in [0.25, 0.3) is 11.8 Å². The molecule has 0 bridgehead atoms. The van der Waals surface area contributed by atoms with Crippen LogP contribution in [0.4, 0.5) is 0 Å². The second-order valence-electron chi connectivity index (χ2n) is 6.59. The van der Waals surface area contributed by atoms with Crippen LogP contribution in [0.5, 0.6) is 0 Å². The van der Waals surface area contributed by atoms with Crippen molar-refractivity contribution in [2.45, 2.75) is 19.1 Å². The van der Waals surface area contributed by atoms with E-state index in [-0.39, 0.29) is 30.7 Å². The van der Waals surface area contributed by atoms with Crippen molar-refractivity contribution >= 4 is 45.4 Å². The van der Waals surface area contributed by atoms with E-state index in [2.05, 4.69) is 52.4 Å². The number of halogens is 1. The van der Waals surface area contributed by atoms with E-state index in [1.54, 1.807) is 30.0 Å². The maximum Gasteiger partial charge on any atom is 0.261 e. The van der Waals surface area contributed by atoms with Crippen LogP contribution in [0, 0.1) is 6.92 Å². The van der Waals surface area contributed by atoms with Crippen LogP contribution >= 0.6 is 27.7 Å². The Labute approximate surface area is 177 Å². The quantitative estimate of drug-likeness (QED) is 0.480. The Bertz CT molecular complexity index is 899. The van der Waals surface area contributed by atoms with Crippen molar-refractivity contribution < 1.29 is 14.4 Å². The molecule has 0 radical (unpaired) electrons. The molecule has 0 saturated carbocycles. The lowest BCUT2D eigenvalue weighted by Gasteiger charge is -2.13. The van der Waals surface area contributed by atoms with E-state index < -0.39 is 0 Å². The minimum atomic E-state index is -0.345. The molecule has 1 heterocycles. The molecule has 3 rings (SSSR count). The summed E-state index contributed by atoms with van der Waals surface area (Å²) in [5.41, 5.74) is 3.28. The number of imide groups is 1. The number of hydrogen-bond donors (Lipinski definition) is 1. The number of carbonyl (C=O) groups excluding carboxylic acids is 3. The summed E-state index contributed by atoms with van der Waals surface area (Å²) < 4.78 is 0.745. The van der Waals surface area contributed by atoms with Gasteiger partial charge in [0.05, 0.1) is 11.1 Å². The van der Waals surface area contributed by atoms with Gasteiger partial charge in [-0.05, 0) is 30.7 Å². The molecule has 2 aromatic carbocycles. The maximum absolute atomic E-state index is 12.4. The van der Waals surface area contributed by atoms with Crippen LogP contribution in [0.2, 0.25) is 0 Å². The van der Waals surface area contributed by atoms with E-state index in [0.717, 1.165) is 20.9 Å². The molecule has 0 saturated heterocycles. The smallest absolute Gasteiger partial charge is 0.261 e. The topological polar surface area (TPSA) is 66.5 Å². The van der Waals surface area contributed by atoms with Crippen LogP contribution in [0.15, 0.2) is 46.9 Å². The van der Waals surface area contributed by atoms with Crippen molar-refractivity contribution in [3.8, 4) is 0 Å². The number of rotatable bonds is 8. The molecule has 146 valence electrons. The van der Waals surface area contributed by atoms with E-state index in [4.69, 9.17) is 0 Å². The Morgan fingerprint density at radius 2 is 1.79 bits per heavy atom. The number of hydrogen-bond acceptors (Lipinski definition) is 4. The number of nitrogens with one attached hydrogen (secondary N) is 1. The first-order valence-electron chi connectivity index (χ1n) is 9.01. The molecule has 0 aliphatic carbocycles. The molecule has 5 nitrogen and oxygen atoms in total. The molecule has 3 amide bonds. The summed E-state index contributed by atoms with van der Waals surface area (Å²) in [7, 11) is 0. The van der Waals surface area contributed by atoms with Gasteiger partial charge in [0, 0.05) is 35.5 Å². The molecule has 0 atom stereocenters. The molecule has 28 heavy (non-hydrogen) atoms. The van der Waals surface area contributed by atoms with Gasteiger partial charge in [-0.15, -0.1) is 0 Å². The van der Waals surface area contributed by atoms with Crippen LogP contribution in [0.25, 0.3) is 0 Å². The molecule has 0 aromatic heterocycles. The van der Waals surface area contributed by atoms with E-state index >= 15 is 0 Å². The van der Waals surface area contributed by atoms with E-state index in [0.29, 0.717) is 17.7 Å². The van der Waals surface area contributed by atoms with Gasteiger partial charge in [-0.25, -0.2) is 0 Å². The Hall–Kier alpha value is -2.12. The third-order valence-corrected chi connectivity index (χ3v) is 5.98. The second kappa shape index (κ2) is 9.39. The van der Waals surface area contributed by atoms with Crippen molar-refractivity contribution in [2.75, 3.05) is 18.8 Å². The SMILES string of the molecule is Cc1ccc(CSCCNC(=O)CCN2C(=O)c3ccc(Br)cc3C2=O)cc1. The van der Waals surface area contributed by atoms with Gasteiger partial charge in [-0.3, -0.25) is 19.3 Å². The number of thioether (sulfide) groups is 1. The Morgan fingerprint density at radius 1 is 1.07 bits per heavy atom. The summed E-state index contributed by atoms with van der Waals surface area (Å²) in [4.78, 5) is 37.9. The normalized spacial score (nSPS) is 13.0. The number of aryl methyl sites for hydroxylation is 1.